The Morgan fingerprint density at radius 2 is 0.644 bits per heavy atom. The van der Waals surface area contributed by atoms with Crippen molar-refractivity contribution >= 4 is 23.9 Å². The van der Waals surface area contributed by atoms with Crippen molar-refractivity contribution in [3.05, 3.63) is 210 Å². The molecule has 0 saturated heterocycles. The minimum atomic E-state index is -0.302. The molecule has 90 heavy (non-hydrogen) atoms. The van der Waals surface area contributed by atoms with E-state index in [1.54, 1.807) is 0 Å². The zero-order chi connectivity index (χ0) is 63.8. The van der Waals surface area contributed by atoms with E-state index in [4.69, 9.17) is 41.9 Å². The van der Waals surface area contributed by atoms with Crippen LogP contribution < -0.4 is 41.2 Å². The molecule has 9 rings (SSSR count). The maximum Gasteiger partial charge on any atom is 0.306 e. The first-order chi connectivity index (χ1) is 43.5. The van der Waals surface area contributed by atoms with E-state index < -0.39 is 0 Å². The number of carbonyl (C=O) groups excluding carboxylic acids is 4. The maximum atomic E-state index is 13.8. The van der Waals surface area contributed by atoms with Crippen molar-refractivity contribution < 1.29 is 56.4 Å². The van der Waals surface area contributed by atoms with E-state index in [0.717, 1.165) is 112 Å². The number of aromatic nitrogens is 8. The molecule has 0 amide bonds. The molecule has 0 aromatic carbocycles. The fourth-order valence-electron chi connectivity index (χ4n) is 12.5. The summed E-state index contributed by atoms with van der Waals surface area (Å²) in [6.45, 7) is 14.0. The van der Waals surface area contributed by atoms with Gasteiger partial charge in [0.25, 0.3) is 0 Å². The molecule has 20 heteroatoms. The smallest absolute Gasteiger partial charge is 0.306 e. The third-order valence-corrected chi connectivity index (χ3v) is 17.9. The second-order valence-electron chi connectivity index (χ2n) is 23.8. The van der Waals surface area contributed by atoms with E-state index in [1.807, 2.05) is 116 Å². The number of aromatic amines is 2. The molecule has 20 nitrogen and oxygen atoms in total. The number of rotatable bonds is 28. The number of nitrogens with two attached hydrogens (primary N) is 4. The number of nitrogens with one attached hydrogen (secondary N) is 2. The maximum absolute atomic E-state index is 13.8. The second kappa shape index (κ2) is 31.3. The van der Waals surface area contributed by atoms with Gasteiger partial charge in [-0.25, -0.2) is 18.3 Å². The van der Waals surface area contributed by atoms with Crippen LogP contribution in [0.5, 0.6) is 0 Å². The highest BCUT2D eigenvalue weighted by molar-refractivity contribution is 5.72. The normalized spacial score (nSPS) is 12.1. The molecule has 10 N–H and O–H groups in total. The summed E-state index contributed by atoms with van der Waals surface area (Å²) in [7, 11) is 4.22. The van der Waals surface area contributed by atoms with Gasteiger partial charge in [-0.1, -0.05) is 0 Å². The van der Waals surface area contributed by atoms with Crippen LogP contribution in [0.4, 0.5) is 0 Å². The Hall–Kier alpha value is -8.56. The number of ether oxygens (including phenoxy) is 4. The van der Waals surface area contributed by atoms with Gasteiger partial charge in [-0.3, -0.25) is 19.2 Å². The third-order valence-electron chi connectivity index (χ3n) is 17.9. The number of pyridine rings is 4. The van der Waals surface area contributed by atoms with Crippen molar-refractivity contribution in [3.63, 3.8) is 0 Å². The van der Waals surface area contributed by atoms with Gasteiger partial charge < -0.3 is 61.0 Å². The number of nitrogens with zero attached hydrogens (tertiary/aromatic N) is 6. The first-order valence-electron chi connectivity index (χ1n) is 31.6. The summed E-state index contributed by atoms with van der Waals surface area (Å²) in [6.07, 6.45) is 20.0. The molecule has 0 atom stereocenters. The minimum absolute atomic E-state index is 0.152. The van der Waals surface area contributed by atoms with E-state index in [9.17, 15) is 19.2 Å². The first-order valence-corrected chi connectivity index (χ1v) is 31.6. The molecule has 8 aromatic heterocycles. The predicted octanol–water partition coefficient (Wildman–Crippen LogP) is 4.62. The molecular formula is C70H92N12O8+4. The lowest BCUT2D eigenvalue weighted by Crippen LogP contribution is -2.36. The molecule has 0 saturated carbocycles. The average molecular weight is 1230 g/mol. The van der Waals surface area contributed by atoms with Gasteiger partial charge in [-0.05, 0) is 97.9 Å². The van der Waals surface area contributed by atoms with Gasteiger partial charge in [-0.15, -0.1) is 0 Å². The number of esters is 4. The quantitative estimate of drug-likeness (QED) is 0.0223. The Balaban J connectivity index is 1.07. The average Bonchev–Trinajstić information content (AvgIpc) is 1.62. The van der Waals surface area contributed by atoms with Crippen molar-refractivity contribution in [2.24, 2.45) is 37.0 Å². The molecule has 0 radical (unpaired) electrons. The van der Waals surface area contributed by atoms with E-state index in [-0.39, 0.29) is 76.0 Å². The Morgan fingerprint density at radius 1 is 0.378 bits per heavy atom. The highest BCUT2D eigenvalue weighted by Crippen LogP contribution is 2.36. The van der Waals surface area contributed by atoms with Crippen molar-refractivity contribution in [1.82, 2.24) is 19.1 Å². The lowest BCUT2D eigenvalue weighted by atomic mass is 9.96. The van der Waals surface area contributed by atoms with Crippen LogP contribution in [0.3, 0.4) is 0 Å². The molecule has 0 aliphatic carbocycles. The lowest BCUT2D eigenvalue weighted by Gasteiger charge is -2.14. The fraction of sp³-hybridized carbons (Fsp3) is 0.429. The summed E-state index contributed by atoms with van der Waals surface area (Å²) >= 11 is 0. The van der Waals surface area contributed by atoms with E-state index in [0.29, 0.717) is 104 Å². The van der Waals surface area contributed by atoms with Gasteiger partial charge >= 0.3 is 23.9 Å². The molecule has 476 valence electrons. The van der Waals surface area contributed by atoms with Gasteiger partial charge in [-0.2, -0.15) is 0 Å². The van der Waals surface area contributed by atoms with E-state index in [2.05, 4.69) is 60.9 Å². The van der Waals surface area contributed by atoms with Gasteiger partial charge in [0.1, 0.15) is 26.4 Å². The van der Waals surface area contributed by atoms with Gasteiger partial charge in [0.2, 0.25) is 0 Å². The summed E-state index contributed by atoms with van der Waals surface area (Å²) < 4.78 is 36.2. The molecule has 0 unspecified atom stereocenters. The van der Waals surface area contributed by atoms with Crippen LogP contribution >= 0.6 is 0 Å². The molecule has 0 fully saturated rings. The van der Waals surface area contributed by atoms with Crippen LogP contribution in [0.2, 0.25) is 0 Å². The van der Waals surface area contributed by atoms with Crippen LogP contribution in [0.15, 0.2) is 98.1 Å². The van der Waals surface area contributed by atoms with Crippen LogP contribution in [-0.2, 0) is 156 Å². The fourth-order valence-corrected chi connectivity index (χ4v) is 12.5. The van der Waals surface area contributed by atoms with Crippen LogP contribution in [0, 0.1) is 27.7 Å². The molecular weight excluding hydrogens is 1140 g/mol. The van der Waals surface area contributed by atoms with E-state index in [1.165, 1.54) is 0 Å². The molecule has 8 bridgehead atoms. The standard InChI is InChI=1S/C70H92N12O8/c1-47-56(8-12-68(84)88-44-52-17-29-80(30-18-52)36-24-72)62-41-64-50(4)58(10-14-70(86)90-46-54-21-33-82(34-22-54)38-26-74)66(78(64)6)42-65-57(9-13-69(85)89-45-53-19-31-81(32-20-53)37-25-73)49(3)63(77(65)5)40-60-48(2)55(61(76-60)39-59(47)75-62)7-11-67(83)87-43-51-15-27-79(28-16-51)35-23-71/h15-22,27-34,75-76H,7-14,23-26,35-46,71-74H2,1-6H3/q+4. The largest absolute Gasteiger partial charge is 0.461 e. The number of fused-ring (bicyclic) bond motifs is 8. The monoisotopic (exact) mass is 1230 g/mol. The third kappa shape index (κ3) is 16.6. The summed E-state index contributed by atoms with van der Waals surface area (Å²) in [4.78, 5) is 62.8. The predicted molar refractivity (Wildman–Crippen MR) is 338 cm³/mol. The number of H-pyrrole nitrogens is 2. The highest BCUT2D eigenvalue weighted by Gasteiger charge is 2.29. The van der Waals surface area contributed by atoms with Gasteiger partial charge in [0.15, 0.2) is 75.8 Å². The highest BCUT2D eigenvalue weighted by atomic mass is 16.5. The van der Waals surface area contributed by atoms with E-state index >= 15 is 0 Å². The number of hydrogen-bond acceptors (Lipinski definition) is 12. The summed E-state index contributed by atoms with van der Waals surface area (Å²) in [5.74, 6) is -1.19. The molecule has 0 spiro atoms. The SMILES string of the molecule is Cc1c2[nH]c(c1CCC(=O)OCc1cc[n+](CCN)cc1)Cc1[nH]c(c(CCC(=O)OCc3cc[n+](CCN)cc3)c1C)Cc1c(C)c(CCC(=O)OCc3cc[n+](CCN)cc3)c(n1C)Cc1c(CCC(=O)OCc3cc[n+](CCN)cc3)c(C)c(n1C)C2. The zero-order valence-corrected chi connectivity index (χ0v) is 53.5. The minimum Gasteiger partial charge on any atom is -0.461 e. The lowest BCUT2D eigenvalue weighted by molar-refractivity contribution is -0.694. The second-order valence-corrected chi connectivity index (χ2v) is 23.8. The topological polar surface area (TPSA) is 266 Å². The zero-order valence-electron chi connectivity index (χ0n) is 53.5. The molecule has 9 heterocycles. The number of carbonyl (C=O) groups is 4. The number of hydrogen-bond donors (Lipinski definition) is 6. The Bertz CT molecular complexity index is 3760. The van der Waals surface area contributed by atoms with Crippen LogP contribution in [-0.4, -0.2) is 69.2 Å². The van der Waals surface area contributed by atoms with Crippen LogP contribution in [0.25, 0.3) is 0 Å². The van der Waals surface area contributed by atoms with Gasteiger partial charge in [0, 0.05) is 182 Å². The summed E-state index contributed by atoms with van der Waals surface area (Å²) in [5, 5.41) is 0. The molecule has 1 aliphatic rings. The summed E-state index contributed by atoms with van der Waals surface area (Å²) in [5.41, 5.74) is 43.4. The van der Waals surface area contributed by atoms with Crippen molar-refractivity contribution in [2.75, 3.05) is 26.2 Å². The van der Waals surface area contributed by atoms with Crippen molar-refractivity contribution in [2.45, 2.75) is 157 Å². The van der Waals surface area contributed by atoms with Crippen molar-refractivity contribution in [3.8, 4) is 0 Å². The van der Waals surface area contributed by atoms with Crippen molar-refractivity contribution in [1.29, 1.82) is 0 Å². The molecule has 8 aromatic rings. The summed E-state index contributed by atoms with van der Waals surface area (Å²) in [6, 6.07) is 15.6. The Labute approximate surface area is 528 Å². The first kappa shape index (κ1) is 65.9. The van der Waals surface area contributed by atoms with Crippen LogP contribution in [0.1, 0.15) is 138 Å². The van der Waals surface area contributed by atoms with Gasteiger partial charge in [0.05, 0.1) is 26.2 Å². The Morgan fingerprint density at radius 3 is 0.944 bits per heavy atom. The Kier molecular flexibility index (Phi) is 22.9. The molecule has 1 aliphatic heterocycles.